The predicted molar refractivity (Wildman–Crippen MR) is 104 cm³/mol. The van der Waals surface area contributed by atoms with Gasteiger partial charge in [-0.25, -0.2) is 4.90 Å². The van der Waals surface area contributed by atoms with Gasteiger partial charge in [0.15, 0.2) is 0 Å². The average Bonchev–Trinajstić information content (AvgIpc) is 3.39. The summed E-state index contributed by atoms with van der Waals surface area (Å²) in [6.07, 6.45) is -2.35. The molecule has 1 saturated carbocycles. The van der Waals surface area contributed by atoms with Gasteiger partial charge in [-0.3, -0.25) is 19.7 Å². The molecular weight excluding hydrogens is 413 g/mol. The highest BCUT2D eigenvalue weighted by molar-refractivity contribution is 6.23. The molecule has 5 rings (SSSR count). The van der Waals surface area contributed by atoms with Gasteiger partial charge < -0.3 is 0 Å². The van der Waals surface area contributed by atoms with E-state index in [-0.39, 0.29) is 17.5 Å². The van der Waals surface area contributed by atoms with Crippen LogP contribution in [0.25, 0.3) is 5.57 Å². The number of hydrogen-bond acceptors (Lipinski definition) is 4. The minimum atomic E-state index is -5.00. The first kappa shape index (κ1) is 19.5. The summed E-state index contributed by atoms with van der Waals surface area (Å²) >= 11 is 0. The average molecular weight is 428 g/mol. The molecule has 6 nitrogen and oxygen atoms in total. The molecule has 0 radical (unpaired) electrons. The molecule has 2 aromatic carbocycles. The van der Waals surface area contributed by atoms with Crippen LogP contribution in [0, 0.1) is 33.8 Å². The number of nitro groups is 1. The predicted octanol–water partition coefficient (Wildman–Crippen LogP) is 4.45. The molecule has 2 aliphatic carbocycles. The third kappa shape index (κ3) is 2.79. The lowest BCUT2D eigenvalue weighted by molar-refractivity contribution is -0.388. The smallest absolute Gasteiger partial charge is 0.274 e. The van der Waals surface area contributed by atoms with E-state index in [0.717, 1.165) is 22.1 Å². The first-order valence-corrected chi connectivity index (χ1v) is 9.69. The Kier molecular flexibility index (Phi) is 4.08. The van der Waals surface area contributed by atoms with E-state index in [2.05, 4.69) is 0 Å². The highest BCUT2D eigenvalue weighted by atomic mass is 19.4. The number of halogens is 3. The highest BCUT2D eigenvalue weighted by Crippen LogP contribution is 2.58. The van der Waals surface area contributed by atoms with Crippen LogP contribution >= 0.6 is 0 Å². The fraction of sp³-hybridized carbons (Fsp3) is 0.273. The molecule has 0 aromatic heterocycles. The van der Waals surface area contributed by atoms with Gasteiger partial charge in [-0.05, 0) is 41.5 Å². The number of imide groups is 1. The Bertz CT molecular complexity index is 1160. The largest absolute Gasteiger partial charge is 0.423 e. The third-order valence-electron chi connectivity index (χ3n) is 6.46. The van der Waals surface area contributed by atoms with Crippen LogP contribution in [0.1, 0.15) is 17.5 Å². The van der Waals surface area contributed by atoms with Crippen LogP contribution in [-0.4, -0.2) is 16.7 Å². The summed E-state index contributed by atoms with van der Waals surface area (Å²) in [5, 5.41) is 11.0. The van der Waals surface area contributed by atoms with Gasteiger partial charge in [-0.15, -0.1) is 0 Å². The van der Waals surface area contributed by atoms with Crippen molar-refractivity contribution in [1.29, 1.82) is 0 Å². The van der Waals surface area contributed by atoms with E-state index in [0.29, 0.717) is 18.6 Å². The second-order valence-electron chi connectivity index (χ2n) is 8.01. The van der Waals surface area contributed by atoms with Crippen LogP contribution in [0.15, 0.2) is 54.6 Å². The van der Waals surface area contributed by atoms with E-state index < -0.39 is 46.0 Å². The molecule has 0 unspecified atom stereocenters. The van der Waals surface area contributed by atoms with Crippen molar-refractivity contribution in [1.82, 2.24) is 0 Å². The minimum Gasteiger partial charge on any atom is -0.274 e. The standard InChI is InChI=1S/C22H15F3N2O4/c23-22(24,25)16-10-13(6-7-17(16)27(30)31)26-20(28)18-12-8-14(11-4-2-1-3-5-11)15(9-12)19(18)21(26)29/h1-8,10,12,15,18-19H,9H2/t12-,15-,18-,19+/m1/s1. The Morgan fingerprint density at radius 3 is 2.32 bits per heavy atom. The summed E-state index contributed by atoms with van der Waals surface area (Å²) < 4.78 is 40.1. The maximum atomic E-state index is 13.4. The van der Waals surface area contributed by atoms with E-state index in [1.54, 1.807) is 0 Å². The molecule has 2 amide bonds. The van der Waals surface area contributed by atoms with Crippen LogP contribution in [0.2, 0.25) is 0 Å². The third-order valence-corrected chi connectivity index (χ3v) is 6.46. The van der Waals surface area contributed by atoms with Crippen molar-refractivity contribution in [2.45, 2.75) is 12.6 Å². The molecule has 1 saturated heterocycles. The zero-order chi connectivity index (χ0) is 22.1. The van der Waals surface area contributed by atoms with Crippen molar-refractivity contribution in [2.24, 2.45) is 23.7 Å². The lowest BCUT2D eigenvalue weighted by atomic mass is 9.79. The van der Waals surface area contributed by atoms with Crippen LogP contribution in [0.3, 0.4) is 0 Å². The molecule has 1 heterocycles. The van der Waals surface area contributed by atoms with E-state index in [1.807, 2.05) is 36.4 Å². The fourth-order valence-corrected chi connectivity index (χ4v) is 5.26. The van der Waals surface area contributed by atoms with Crippen LogP contribution in [-0.2, 0) is 15.8 Å². The van der Waals surface area contributed by atoms with Gasteiger partial charge in [-0.1, -0.05) is 36.4 Å². The van der Waals surface area contributed by atoms with Gasteiger partial charge in [0.2, 0.25) is 11.8 Å². The Balaban J connectivity index is 1.52. The topological polar surface area (TPSA) is 80.5 Å². The van der Waals surface area contributed by atoms with Crippen LogP contribution < -0.4 is 4.90 Å². The molecule has 2 bridgehead atoms. The monoisotopic (exact) mass is 428 g/mol. The Labute approximate surface area is 174 Å². The number of amides is 2. The normalized spacial score (nSPS) is 26.9. The van der Waals surface area contributed by atoms with Crippen molar-refractivity contribution >= 4 is 28.8 Å². The first-order chi connectivity index (χ1) is 14.7. The second kappa shape index (κ2) is 6.50. The Morgan fingerprint density at radius 1 is 1.00 bits per heavy atom. The lowest BCUT2D eigenvalue weighted by Gasteiger charge is -2.22. The van der Waals surface area contributed by atoms with Crippen molar-refractivity contribution in [3.8, 4) is 0 Å². The quantitative estimate of drug-likeness (QED) is 0.411. The number of nitrogens with zero attached hydrogens (tertiary/aromatic N) is 2. The van der Waals surface area contributed by atoms with Crippen molar-refractivity contribution < 1.29 is 27.7 Å². The Morgan fingerprint density at radius 2 is 1.68 bits per heavy atom. The van der Waals surface area contributed by atoms with Gasteiger partial charge in [0.1, 0.15) is 5.56 Å². The minimum absolute atomic E-state index is 0.160. The van der Waals surface area contributed by atoms with E-state index in [4.69, 9.17) is 0 Å². The summed E-state index contributed by atoms with van der Waals surface area (Å²) in [6, 6.07) is 11.7. The highest BCUT2D eigenvalue weighted by Gasteiger charge is 2.61. The zero-order valence-corrected chi connectivity index (χ0v) is 15.9. The number of carbonyl (C=O) groups excluding carboxylic acids is 2. The molecule has 0 spiro atoms. The number of benzene rings is 2. The molecular formula is C22H15F3N2O4. The molecule has 0 N–H and O–H groups in total. The number of allylic oxidation sites excluding steroid dienone is 2. The molecule has 31 heavy (non-hydrogen) atoms. The zero-order valence-electron chi connectivity index (χ0n) is 15.9. The van der Waals surface area contributed by atoms with Crippen LogP contribution in [0.4, 0.5) is 24.5 Å². The number of fused-ring (bicyclic) bond motifs is 5. The summed E-state index contributed by atoms with van der Waals surface area (Å²) in [5.74, 6) is -2.69. The van der Waals surface area contributed by atoms with Crippen molar-refractivity contribution in [3.05, 3.63) is 75.8 Å². The Hall–Kier alpha value is -3.49. The number of hydrogen-bond donors (Lipinski definition) is 0. The van der Waals surface area contributed by atoms with Gasteiger partial charge >= 0.3 is 6.18 Å². The summed E-state index contributed by atoms with van der Waals surface area (Å²) in [7, 11) is 0. The second-order valence-corrected chi connectivity index (χ2v) is 8.01. The summed E-state index contributed by atoms with van der Waals surface area (Å²) in [6.45, 7) is 0. The fourth-order valence-electron chi connectivity index (χ4n) is 5.26. The van der Waals surface area contributed by atoms with E-state index in [1.165, 1.54) is 0 Å². The van der Waals surface area contributed by atoms with Gasteiger partial charge in [0, 0.05) is 6.07 Å². The molecule has 158 valence electrons. The number of nitro benzene ring substituents is 1. The molecule has 3 aliphatic rings. The number of rotatable bonds is 3. The SMILES string of the molecule is O=C1[C@@H]2[C@H](C(=O)N1c1ccc([N+](=O)[O-])c(C(F)(F)F)c1)[C@@H]1C=C(c3ccccc3)[C@H]2C1. The lowest BCUT2D eigenvalue weighted by Crippen LogP contribution is -2.33. The van der Waals surface area contributed by atoms with Gasteiger partial charge in [0.05, 0.1) is 22.4 Å². The molecule has 2 aromatic rings. The molecule has 1 aliphatic heterocycles. The van der Waals surface area contributed by atoms with Gasteiger partial charge in [0.25, 0.3) is 5.69 Å². The van der Waals surface area contributed by atoms with Crippen molar-refractivity contribution in [3.63, 3.8) is 0 Å². The number of anilines is 1. The number of carbonyl (C=O) groups is 2. The summed E-state index contributed by atoms with van der Waals surface area (Å²) in [5.41, 5.74) is -0.957. The molecule has 2 fully saturated rings. The van der Waals surface area contributed by atoms with Crippen LogP contribution in [0.5, 0.6) is 0 Å². The van der Waals surface area contributed by atoms with Crippen molar-refractivity contribution in [2.75, 3.05) is 4.90 Å². The summed E-state index contributed by atoms with van der Waals surface area (Å²) in [4.78, 5) is 36.9. The molecule has 9 heteroatoms. The van der Waals surface area contributed by atoms with E-state index in [9.17, 15) is 32.9 Å². The molecule has 4 atom stereocenters. The maximum absolute atomic E-state index is 13.4. The van der Waals surface area contributed by atoms with Gasteiger partial charge in [-0.2, -0.15) is 13.2 Å². The maximum Gasteiger partial charge on any atom is 0.423 e. The van der Waals surface area contributed by atoms with E-state index >= 15 is 0 Å². The number of alkyl halides is 3. The first-order valence-electron chi connectivity index (χ1n) is 9.69.